The number of carbonyl (C=O) groups is 2. The molecule has 0 spiro atoms. The van der Waals surface area contributed by atoms with Crippen LogP contribution >= 0.6 is 0 Å². The quantitative estimate of drug-likeness (QED) is 0.697. The molecule has 2 amide bonds. The summed E-state index contributed by atoms with van der Waals surface area (Å²) in [6.45, 7) is 11.4. The smallest absolute Gasteiger partial charge is 0.279 e. The van der Waals surface area contributed by atoms with Crippen LogP contribution in [0.2, 0.25) is 0 Å². The monoisotopic (exact) mass is 398 g/mol. The first-order valence-electron chi connectivity index (χ1n) is 9.73. The molecule has 2 N–H and O–H groups in total. The van der Waals surface area contributed by atoms with Gasteiger partial charge >= 0.3 is 0 Å². The van der Waals surface area contributed by atoms with Gasteiger partial charge in [-0.15, -0.1) is 0 Å². The molecule has 1 atom stereocenters. The topological polar surface area (TPSA) is 76.7 Å². The first-order chi connectivity index (χ1) is 13.7. The minimum atomic E-state index is -0.763. The van der Waals surface area contributed by atoms with Crippen molar-refractivity contribution >= 4 is 11.8 Å². The number of nitrogens with one attached hydrogen (secondary N) is 2. The summed E-state index contributed by atoms with van der Waals surface area (Å²) >= 11 is 0. The summed E-state index contributed by atoms with van der Waals surface area (Å²) in [7, 11) is 0. The molecule has 2 rings (SSSR count). The lowest BCUT2D eigenvalue weighted by molar-refractivity contribution is -0.133. The Bertz CT molecular complexity index is 877. The van der Waals surface area contributed by atoms with E-state index < -0.39 is 17.9 Å². The second-order valence-corrected chi connectivity index (χ2v) is 7.55. The highest BCUT2D eigenvalue weighted by atomic mass is 16.5. The van der Waals surface area contributed by atoms with E-state index in [0.717, 1.165) is 22.3 Å². The highest BCUT2D eigenvalue weighted by molar-refractivity contribution is 5.85. The van der Waals surface area contributed by atoms with Crippen LogP contribution in [0.25, 0.3) is 0 Å². The number of hydrogen-bond acceptors (Lipinski definition) is 4. The van der Waals surface area contributed by atoms with E-state index in [1.165, 1.54) is 0 Å². The van der Waals surface area contributed by atoms with Gasteiger partial charge < -0.3 is 9.47 Å². The molecule has 0 aliphatic rings. The van der Waals surface area contributed by atoms with E-state index in [9.17, 15) is 9.59 Å². The molecule has 0 bridgehead atoms. The Hall–Kier alpha value is -3.02. The number of ether oxygens (including phenoxy) is 2. The summed E-state index contributed by atoms with van der Waals surface area (Å²) in [5, 5.41) is 0. The van der Waals surface area contributed by atoms with Crippen molar-refractivity contribution in [2.24, 2.45) is 0 Å². The molecule has 2 aromatic carbocycles. The third kappa shape index (κ3) is 6.52. The lowest BCUT2D eigenvalue weighted by Crippen LogP contribution is -2.48. The van der Waals surface area contributed by atoms with Crippen molar-refractivity contribution in [3.05, 3.63) is 58.7 Å². The van der Waals surface area contributed by atoms with Crippen LogP contribution in [0.4, 0.5) is 0 Å². The molecule has 6 nitrogen and oxygen atoms in total. The van der Waals surface area contributed by atoms with E-state index in [4.69, 9.17) is 9.47 Å². The van der Waals surface area contributed by atoms with Gasteiger partial charge in [-0.25, -0.2) is 0 Å². The maximum absolute atomic E-state index is 12.2. The highest BCUT2D eigenvalue weighted by Gasteiger charge is 2.17. The number of hydrogen-bond donors (Lipinski definition) is 2. The molecular weight excluding hydrogens is 368 g/mol. The Morgan fingerprint density at radius 3 is 2.17 bits per heavy atom. The second kappa shape index (κ2) is 9.96. The van der Waals surface area contributed by atoms with Crippen molar-refractivity contribution in [3.63, 3.8) is 0 Å². The normalized spacial score (nSPS) is 11.7. The van der Waals surface area contributed by atoms with Gasteiger partial charge in [0.05, 0.1) is 0 Å². The van der Waals surface area contributed by atoms with E-state index >= 15 is 0 Å². The molecule has 0 aliphatic carbocycles. The maximum Gasteiger partial charge on any atom is 0.279 e. The Morgan fingerprint density at radius 1 is 0.897 bits per heavy atom. The minimum absolute atomic E-state index is 0.199. The van der Waals surface area contributed by atoms with Crippen molar-refractivity contribution in [3.8, 4) is 11.5 Å². The zero-order valence-corrected chi connectivity index (χ0v) is 18.0. The van der Waals surface area contributed by atoms with Crippen LogP contribution in [0.5, 0.6) is 11.5 Å². The summed E-state index contributed by atoms with van der Waals surface area (Å²) < 4.78 is 11.4. The van der Waals surface area contributed by atoms with Gasteiger partial charge in [-0.2, -0.15) is 0 Å². The molecule has 0 saturated carbocycles. The zero-order valence-electron chi connectivity index (χ0n) is 18.0. The third-order valence-electron chi connectivity index (χ3n) is 4.49. The first kappa shape index (κ1) is 22.3. The predicted octanol–water partition coefficient (Wildman–Crippen LogP) is 3.73. The number of benzene rings is 2. The molecular formula is C23H30N2O4. The molecule has 0 saturated heterocycles. The fourth-order valence-corrected chi connectivity index (χ4v) is 2.73. The summed E-state index contributed by atoms with van der Waals surface area (Å²) in [5.74, 6) is 0.693. The Kier molecular flexibility index (Phi) is 7.65. The van der Waals surface area contributed by atoms with Gasteiger partial charge in [0.1, 0.15) is 11.5 Å². The van der Waals surface area contributed by atoms with E-state index in [0.29, 0.717) is 11.5 Å². The second-order valence-electron chi connectivity index (χ2n) is 7.55. The van der Waals surface area contributed by atoms with Crippen LogP contribution in [-0.4, -0.2) is 24.5 Å². The van der Waals surface area contributed by atoms with Crippen molar-refractivity contribution in [1.29, 1.82) is 0 Å². The van der Waals surface area contributed by atoms with E-state index in [1.807, 2.05) is 57.2 Å². The van der Waals surface area contributed by atoms with Crippen molar-refractivity contribution in [1.82, 2.24) is 10.9 Å². The fourth-order valence-electron chi connectivity index (χ4n) is 2.73. The third-order valence-corrected chi connectivity index (χ3v) is 4.49. The Morgan fingerprint density at radius 2 is 1.52 bits per heavy atom. The van der Waals surface area contributed by atoms with Gasteiger partial charge in [0.2, 0.25) is 0 Å². The number of rotatable bonds is 7. The van der Waals surface area contributed by atoms with Crippen LogP contribution in [0.15, 0.2) is 36.4 Å². The van der Waals surface area contributed by atoms with Crippen LogP contribution in [0.3, 0.4) is 0 Å². The average molecular weight is 399 g/mol. The summed E-state index contributed by atoms with van der Waals surface area (Å²) in [6.07, 6.45) is -0.763. The number of aryl methyl sites for hydroxylation is 3. The molecule has 0 aromatic heterocycles. The van der Waals surface area contributed by atoms with Gasteiger partial charge in [-0.05, 0) is 68.0 Å². The minimum Gasteiger partial charge on any atom is -0.483 e. The summed E-state index contributed by atoms with van der Waals surface area (Å²) in [4.78, 5) is 24.3. The van der Waals surface area contributed by atoms with Crippen LogP contribution in [0, 0.1) is 20.8 Å². The van der Waals surface area contributed by atoms with Gasteiger partial charge in [-0.3, -0.25) is 20.4 Å². The fraction of sp³-hybridized carbons (Fsp3) is 0.391. The lowest BCUT2D eigenvalue weighted by atomic mass is 10.0. The number of amides is 2. The van der Waals surface area contributed by atoms with Crippen LogP contribution in [0.1, 0.15) is 48.9 Å². The van der Waals surface area contributed by atoms with Gasteiger partial charge in [0, 0.05) is 0 Å². The maximum atomic E-state index is 12.2. The van der Waals surface area contributed by atoms with Gasteiger partial charge in [0.15, 0.2) is 12.7 Å². The zero-order chi connectivity index (χ0) is 21.6. The number of hydrazine groups is 1. The molecule has 0 fully saturated rings. The predicted molar refractivity (Wildman–Crippen MR) is 113 cm³/mol. The molecule has 2 aromatic rings. The van der Waals surface area contributed by atoms with Gasteiger partial charge in [0.25, 0.3) is 11.8 Å². The number of carbonyl (C=O) groups excluding carboxylic acids is 2. The average Bonchev–Trinajstić information content (AvgIpc) is 2.66. The summed E-state index contributed by atoms with van der Waals surface area (Å²) in [5.41, 5.74) is 8.80. The first-order valence-corrected chi connectivity index (χ1v) is 9.73. The lowest BCUT2D eigenvalue weighted by Gasteiger charge is -2.17. The molecule has 0 radical (unpaired) electrons. The van der Waals surface area contributed by atoms with Crippen molar-refractivity contribution < 1.29 is 19.1 Å². The highest BCUT2D eigenvalue weighted by Crippen LogP contribution is 2.27. The van der Waals surface area contributed by atoms with Crippen molar-refractivity contribution in [2.75, 3.05) is 6.61 Å². The van der Waals surface area contributed by atoms with Gasteiger partial charge in [-0.1, -0.05) is 38.1 Å². The SMILES string of the molecule is Cc1ccc(C)c(OC(C)C(=O)NNC(=O)COc2cc(C)ccc2C(C)C)c1. The molecule has 156 valence electrons. The Labute approximate surface area is 172 Å². The van der Waals surface area contributed by atoms with Crippen molar-refractivity contribution in [2.45, 2.75) is 53.6 Å². The summed E-state index contributed by atoms with van der Waals surface area (Å²) in [6, 6.07) is 11.7. The van der Waals surface area contributed by atoms with E-state index in [1.54, 1.807) is 6.92 Å². The Balaban J connectivity index is 1.85. The van der Waals surface area contributed by atoms with Crippen LogP contribution < -0.4 is 20.3 Å². The standard InChI is InChI=1S/C23H30N2O4/c1-14(2)19-10-8-16(4)12-21(19)28-13-22(26)24-25-23(27)18(6)29-20-11-15(3)7-9-17(20)5/h7-12,14,18H,13H2,1-6H3,(H,24,26)(H,25,27). The largest absolute Gasteiger partial charge is 0.483 e. The molecule has 1 unspecified atom stereocenters. The molecule has 0 heterocycles. The van der Waals surface area contributed by atoms with Crippen LogP contribution in [-0.2, 0) is 9.59 Å². The van der Waals surface area contributed by atoms with E-state index in [2.05, 4.69) is 24.7 Å². The molecule has 0 aliphatic heterocycles. The van der Waals surface area contributed by atoms with E-state index in [-0.39, 0.29) is 12.5 Å². The molecule has 29 heavy (non-hydrogen) atoms. The molecule has 6 heteroatoms.